The van der Waals surface area contributed by atoms with Crippen LogP contribution in [0.2, 0.25) is 0 Å². The Morgan fingerprint density at radius 3 is 2.71 bits per heavy atom. The average Bonchev–Trinajstić information content (AvgIpc) is 2.28. The van der Waals surface area contributed by atoms with E-state index in [0.29, 0.717) is 17.9 Å². The number of rotatable bonds is 5. The van der Waals surface area contributed by atoms with Gasteiger partial charge in [0.2, 0.25) is 0 Å². The fourth-order valence-corrected chi connectivity index (χ4v) is 1.44. The van der Waals surface area contributed by atoms with E-state index in [-0.39, 0.29) is 6.10 Å². The van der Waals surface area contributed by atoms with Gasteiger partial charge in [-0.3, -0.25) is 0 Å². The van der Waals surface area contributed by atoms with E-state index in [2.05, 4.69) is 11.0 Å². The lowest BCUT2D eigenvalue weighted by atomic mass is 10.1. The van der Waals surface area contributed by atoms with Gasteiger partial charge in [-0.05, 0) is 32.0 Å². The molecule has 0 fully saturated rings. The van der Waals surface area contributed by atoms with E-state index in [0.717, 1.165) is 12.2 Å². The average molecular weight is 233 g/mol. The molecule has 1 aromatic carbocycles. The van der Waals surface area contributed by atoms with E-state index in [1.54, 1.807) is 6.07 Å². The smallest absolute Gasteiger partial charge is 0.101 e. The summed E-state index contributed by atoms with van der Waals surface area (Å²) >= 11 is 0. The molecule has 0 amide bonds. The van der Waals surface area contributed by atoms with Gasteiger partial charge >= 0.3 is 0 Å². The molecule has 0 bridgehead atoms. The van der Waals surface area contributed by atoms with Gasteiger partial charge in [-0.25, -0.2) is 0 Å². The largest absolute Gasteiger partial charge is 0.398 e. The van der Waals surface area contributed by atoms with Gasteiger partial charge in [0.05, 0.1) is 24.0 Å². The highest BCUT2D eigenvalue weighted by atomic mass is 16.5. The van der Waals surface area contributed by atoms with Gasteiger partial charge in [-0.15, -0.1) is 0 Å². The molecule has 1 aromatic rings. The highest BCUT2D eigenvalue weighted by Crippen LogP contribution is 2.19. The molecule has 4 heteroatoms. The monoisotopic (exact) mass is 233 g/mol. The second-order valence-corrected chi connectivity index (χ2v) is 4.22. The molecule has 0 radical (unpaired) electrons. The summed E-state index contributed by atoms with van der Waals surface area (Å²) in [6, 6.07) is 7.50. The third-order valence-electron chi connectivity index (χ3n) is 2.47. The Bertz CT molecular complexity index is 410. The molecule has 4 nitrogen and oxygen atoms in total. The number of nitrogens with two attached hydrogens (primary N) is 1. The van der Waals surface area contributed by atoms with Gasteiger partial charge in [-0.2, -0.15) is 5.26 Å². The van der Waals surface area contributed by atoms with E-state index in [9.17, 15) is 0 Å². The Labute approximate surface area is 103 Å². The van der Waals surface area contributed by atoms with Crippen molar-refractivity contribution in [2.45, 2.75) is 20.0 Å². The number of benzene rings is 1. The molecule has 0 aliphatic carbocycles. The topological polar surface area (TPSA) is 62.3 Å². The van der Waals surface area contributed by atoms with Crippen LogP contribution in [0.4, 0.5) is 11.4 Å². The molecule has 0 aliphatic rings. The van der Waals surface area contributed by atoms with Gasteiger partial charge in [0, 0.05) is 19.3 Å². The Morgan fingerprint density at radius 1 is 1.47 bits per heavy atom. The Morgan fingerprint density at radius 2 is 2.18 bits per heavy atom. The van der Waals surface area contributed by atoms with Crippen LogP contribution in [0, 0.1) is 11.3 Å². The summed E-state index contributed by atoms with van der Waals surface area (Å²) in [5.41, 5.74) is 7.79. The minimum absolute atomic E-state index is 0.245. The van der Waals surface area contributed by atoms with Crippen molar-refractivity contribution in [2.75, 3.05) is 30.8 Å². The maximum absolute atomic E-state index is 8.79. The van der Waals surface area contributed by atoms with Gasteiger partial charge < -0.3 is 15.4 Å². The van der Waals surface area contributed by atoms with Crippen LogP contribution in [-0.2, 0) is 4.74 Å². The number of nitriles is 1. The van der Waals surface area contributed by atoms with Crippen LogP contribution in [0.15, 0.2) is 18.2 Å². The van der Waals surface area contributed by atoms with Crippen molar-refractivity contribution in [3.05, 3.63) is 23.8 Å². The maximum Gasteiger partial charge on any atom is 0.101 e. The molecule has 17 heavy (non-hydrogen) atoms. The zero-order valence-electron chi connectivity index (χ0n) is 10.6. The minimum Gasteiger partial charge on any atom is -0.398 e. The van der Waals surface area contributed by atoms with Crippen molar-refractivity contribution in [2.24, 2.45) is 0 Å². The Hall–Kier alpha value is -1.73. The molecule has 0 aliphatic heterocycles. The van der Waals surface area contributed by atoms with Gasteiger partial charge in [0.15, 0.2) is 0 Å². The molecule has 0 heterocycles. The number of nitrogens with zero attached hydrogens (tertiary/aromatic N) is 2. The quantitative estimate of drug-likeness (QED) is 0.790. The summed E-state index contributed by atoms with van der Waals surface area (Å²) in [6.07, 6.45) is 0.245. The summed E-state index contributed by atoms with van der Waals surface area (Å²) in [5.74, 6) is 0. The third-order valence-corrected chi connectivity index (χ3v) is 2.47. The lowest BCUT2D eigenvalue weighted by molar-refractivity contribution is 0.0846. The normalized spacial score (nSPS) is 10.3. The molecule has 0 spiro atoms. The summed E-state index contributed by atoms with van der Waals surface area (Å²) in [5, 5.41) is 8.79. The van der Waals surface area contributed by atoms with Gasteiger partial charge in [0.25, 0.3) is 0 Å². The lowest BCUT2D eigenvalue weighted by Crippen LogP contribution is -2.24. The number of hydrogen-bond acceptors (Lipinski definition) is 4. The van der Waals surface area contributed by atoms with Crippen molar-refractivity contribution < 1.29 is 4.74 Å². The second-order valence-electron chi connectivity index (χ2n) is 4.22. The predicted octanol–water partition coefficient (Wildman–Crippen LogP) is 2.00. The van der Waals surface area contributed by atoms with Crippen LogP contribution in [0.3, 0.4) is 0 Å². The number of nitrogen functional groups attached to an aromatic ring is 1. The number of likely N-dealkylation sites (N-methyl/N-ethyl adjacent to an activating group) is 1. The molecular weight excluding hydrogens is 214 g/mol. The predicted molar refractivity (Wildman–Crippen MR) is 69.9 cm³/mol. The molecule has 0 unspecified atom stereocenters. The number of anilines is 2. The van der Waals surface area contributed by atoms with E-state index < -0.39 is 0 Å². The molecule has 0 aromatic heterocycles. The van der Waals surface area contributed by atoms with E-state index in [1.165, 1.54) is 0 Å². The minimum atomic E-state index is 0.245. The number of hydrogen-bond donors (Lipinski definition) is 1. The first kappa shape index (κ1) is 13.3. The highest BCUT2D eigenvalue weighted by Gasteiger charge is 2.04. The van der Waals surface area contributed by atoms with Gasteiger partial charge in [-0.1, -0.05) is 0 Å². The van der Waals surface area contributed by atoms with Crippen molar-refractivity contribution in [1.29, 1.82) is 5.26 Å². The first-order valence-corrected chi connectivity index (χ1v) is 5.67. The van der Waals surface area contributed by atoms with Crippen molar-refractivity contribution >= 4 is 11.4 Å². The molecule has 0 saturated heterocycles. The fourth-order valence-electron chi connectivity index (χ4n) is 1.44. The lowest BCUT2D eigenvalue weighted by Gasteiger charge is -2.20. The third kappa shape index (κ3) is 3.97. The van der Waals surface area contributed by atoms with Crippen LogP contribution in [-0.4, -0.2) is 26.3 Å². The van der Waals surface area contributed by atoms with Crippen molar-refractivity contribution in [1.82, 2.24) is 0 Å². The molecule has 0 saturated carbocycles. The fraction of sp³-hybridized carbons (Fsp3) is 0.462. The Kier molecular flexibility index (Phi) is 4.80. The van der Waals surface area contributed by atoms with Gasteiger partial charge in [0.1, 0.15) is 6.07 Å². The summed E-state index contributed by atoms with van der Waals surface area (Å²) < 4.78 is 5.48. The van der Waals surface area contributed by atoms with Crippen LogP contribution in [0.25, 0.3) is 0 Å². The Balaban J connectivity index is 2.61. The first-order valence-electron chi connectivity index (χ1n) is 5.67. The summed E-state index contributed by atoms with van der Waals surface area (Å²) in [7, 11) is 1.98. The number of ether oxygens (including phenoxy) is 1. The highest BCUT2D eigenvalue weighted by molar-refractivity contribution is 5.63. The molecule has 1 rings (SSSR count). The van der Waals surface area contributed by atoms with E-state index in [4.69, 9.17) is 15.7 Å². The van der Waals surface area contributed by atoms with Crippen molar-refractivity contribution in [3.63, 3.8) is 0 Å². The maximum atomic E-state index is 8.79. The standard InChI is InChI=1S/C13H19N3O/c1-10(2)17-7-6-16(3)12-5-4-11(9-14)13(15)8-12/h4-5,8,10H,6-7,15H2,1-3H3. The van der Waals surface area contributed by atoms with Crippen molar-refractivity contribution in [3.8, 4) is 6.07 Å². The van der Waals surface area contributed by atoms with Crippen LogP contribution < -0.4 is 10.6 Å². The molecule has 92 valence electrons. The molecule has 2 N–H and O–H groups in total. The van der Waals surface area contributed by atoms with Crippen LogP contribution in [0.5, 0.6) is 0 Å². The second kappa shape index (κ2) is 6.12. The van der Waals surface area contributed by atoms with Crippen LogP contribution in [0.1, 0.15) is 19.4 Å². The SMILES string of the molecule is CC(C)OCCN(C)c1ccc(C#N)c(N)c1. The van der Waals surface area contributed by atoms with Crippen LogP contribution >= 0.6 is 0 Å². The first-order chi connectivity index (χ1) is 8.04. The summed E-state index contributed by atoms with van der Waals surface area (Å²) in [4.78, 5) is 2.06. The molecular formula is C13H19N3O. The zero-order valence-corrected chi connectivity index (χ0v) is 10.6. The van der Waals surface area contributed by atoms with E-state index >= 15 is 0 Å². The zero-order chi connectivity index (χ0) is 12.8. The van der Waals surface area contributed by atoms with E-state index in [1.807, 2.05) is 33.0 Å². The molecule has 0 atom stereocenters. The summed E-state index contributed by atoms with van der Waals surface area (Å²) in [6.45, 7) is 5.50.